The molecule has 6 nitrogen and oxygen atoms in total. The van der Waals surface area contributed by atoms with E-state index in [9.17, 15) is 14.4 Å². The second-order valence-electron chi connectivity index (χ2n) is 5.24. The summed E-state index contributed by atoms with van der Waals surface area (Å²) in [5.74, 6) is -0.847. The predicted molar refractivity (Wildman–Crippen MR) is 93.5 cm³/mol. The normalized spacial score (nSPS) is 10.3. The SMILES string of the molecule is CCN(CC(=O)Nc1cc(Cl)ccc1C)C(=O)c1ccc[nH]c1=O. The molecule has 0 unspecified atom stereocenters. The zero-order valence-electron chi connectivity index (χ0n) is 13.4. The van der Waals surface area contributed by atoms with Crippen molar-refractivity contribution < 1.29 is 9.59 Å². The van der Waals surface area contributed by atoms with Gasteiger partial charge in [-0.25, -0.2) is 0 Å². The number of halogens is 1. The Morgan fingerprint density at radius 2 is 2.04 bits per heavy atom. The Morgan fingerprint density at radius 3 is 2.71 bits per heavy atom. The molecular weight excluding hydrogens is 330 g/mol. The van der Waals surface area contributed by atoms with Crippen molar-refractivity contribution in [1.82, 2.24) is 9.88 Å². The number of benzene rings is 1. The quantitative estimate of drug-likeness (QED) is 0.871. The zero-order chi connectivity index (χ0) is 17.7. The van der Waals surface area contributed by atoms with Crippen molar-refractivity contribution >= 4 is 29.1 Å². The fraction of sp³-hybridized carbons (Fsp3) is 0.235. The van der Waals surface area contributed by atoms with Crippen molar-refractivity contribution in [3.05, 3.63) is 63.0 Å². The van der Waals surface area contributed by atoms with E-state index in [2.05, 4.69) is 10.3 Å². The molecular formula is C17H18ClN3O3. The van der Waals surface area contributed by atoms with Gasteiger partial charge in [-0.2, -0.15) is 0 Å². The number of pyridine rings is 1. The zero-order valence-corrected chi connectivity index (χ0v) is 14.2. The number of H-pyrrole nitrogens is 1. The molecule has 0 atom stereocenters. The third-order valence-corrected chi connectivity index (χ3v) is 3.76. The van der Waals surface area contributed by atoms with Crippen LogP contribution >= 0.6 is 11.6 Å². The minimum absolute atomic E-state index is 0.00564. The number of nitrogens with one attached hydrogen (secondary N) is 2. The lowest BCUT2D eigenvalue weighted by Gasteiger charge is -2.20. The Morgan fingerprint density at radius 1 is 1.29 bits per heavy atom. The number of rotatable bonds is 5. The van der Waals surface area contributed by atoms with Crippen LogP contribution in [0.2, 0.25) is 5.02 Å². The Balaban J connectivity index is 2.11. The minimum Gasteiger partial charge on any atom is -0.329 e. The highest BCUT2D eigenvalue weighted by Crippen LogP contribution is 2.20. The van der Waals surface area contributed by atoms with E-state index in [0.717, 1.165) is 5.56 Å². The van der Waals surface area contributed by atoms with Crippen LogP contribution in [0.3, 0.4) is 0 Å². The molecule has 0 bridgehead atoms. The molecule has 7 heteroatoms. The first-order valence-electron chi connectivity index (χ1n) is 7.45. The van der Waals surface area contributed by atoms with Crippen LogP contribution < -0.4 is 10.9 Å². The van der Waals surface area contributed by atoms with Crippen molar-refractivity contribution in [3.8, 4) is 0 Å². The fourth-order valence-electron chi connectivity index (χ4n) is 2.18. The predicted octanol–water partition coefficient (Wildman–Crippen LogP) is 2.44. The summed E-state index contributed by atoms with van der Waals surface area (Å²) in [7, 11) is 0. The average molecular weight is 348 g/mol. The molecule has 0 saturated carbocycles. The summed E-state index contributed by atoms with van der Waals surface area (Å²) in [5, 5.41) is 3.24. The van der Waals surface area contributed by atoms with Crippen LogP contribution in [-0.2, 0) is 4.79 Å². The minimum atomic E-state index is -0.489. The summed E-state index contributed by atoms with van der Waals surface area (Å²) in [4.78, 5) is 40.1. The van der Waals surface area contributed by atoms with E-state index < -0.39 is 11.5 Å². The highest BCUT2D eigenvalue weighted by molar-refractivity contribution is 6.31. The molecule has 0 fully saturated rings. The van der Waals surface area contributed by atoms with E-state index in [1.165, 1.54) is 17.2 Å². The summed E-state index contributed by atoms with van der Waals surface area (Å²) < 4.78 is 0. The largest absolute Gasteiger partial charge is 0.329 e. The van der Waals surface area contributed by atoms with Gasteiger partial charge < -0.3 is 15.2 Å². The Kier molecular flexibility index (Phi) is 5.76. The van der Waals surface area contributed by atoms with Crippen LogP contribution in [0, 0.1) is 6.92 Å². The molecule has 0 aliphatic heterocycles. The van der Waals surface area contributed by atoms with Gasteiger partial charge in [0.1, 0.15) is 12.1 Å². The standard InChI is InChI=1S/C17H18ClN3O3/c1-3-21(17(24)13-5-4-8-19-16(13)23)10-15(22)20-14-9-12(18)7-6-11(14)2/h4-9H,3,10H2,1-2H3,(H,19,23)(H,20,22). The molecule has 126 valence electrons. The van der Waals surface area contributed by atoms with E-state index in [1.54, 1.807) is 31.2 Å². The third kappa shape index (κ3) is 4.23. The Hall–Kier alpha value is -2.60. The van der Waals surface area contributed by atoms with Gasteiger partial charge in [0.2, 0.25) is 5.91 Å². The first-order valence-corrected chi connectivity index (χ1v) is 7.83. The molecule has 1 heterocycles. The van der Waals surface area contributed by atoms with E-state index in [-0.39, 0.29) is 18.0 Å². The monoisotopic (exact) mass is 347 g/mol. The molecule has 0 aliphatic carbocycles. The number of aromatic amines is 1. The van der Waals surface area contributed by atoms with Crippen LogP contribution in [-0.4, -0.2) is 34.8 Å². The Labute approximate surface area is 144 Å². The number of aryl methyl sites for hydroxylation is 1. The highest BCUT2D eigenvalue weighted by atomic mass is 35.5. The molecule has 0 spiro atoms. The van der Waals surface area contributed by atoms with Crippen molar-refractivity contribution in [2.75, 3.05) is 18.4 Å². The summed E-state index contributed by atoms with van der Waals surface area (Å²) in [6.07, 6.45) is 1.45. The maximum Gasteiger partial charge on any atom is 0.260 e. The molecule has 2 amide bonds. The van der Waals surface area contributed by atoms with Crippen molar-refractivity contribution in [2.24, 2.45) is 0 Å². The van der Waals surface area contributed by atoms with Gasteiger partial charge in [0, 0.05) is 23.5 Å². The van der Waals surface area contributed by atoms with Crippen molar-refractivity contribution in [2.45, 2.75) is 13.8 Å². The summed E-state index contributed by atoms with van der Waals surface area (Å²) in [6, 6.07) is 8.18. The maximum atomic E-state index is 12.4. The molecule has 0 radical (unpaired) electrons. The lowest BCUT2D eigenvalue weighted by Crippen LogP contribution is -2.40. The van der Waals surface area contributed by atoms with Crippen LogP contribution in [0.15, 0.2) is 41.3 Å². The molecule has 1 aromatic carbocycles. The Bertz CT molecular complexity index is 817. The van der Waals surface area contributed by atoms with Crippen LogP contribution in [0.4, 0.5) is 5.69 Å². The van der Waals surface area contributed by atoms with Crippen molar-refractivity contribution in [1.29, 1.82) is 0 Å². The summed E-state index contributed by atoms with van der Waals surface area (Å²) in [6.45, 7) is 3.73. The topological polar surface area (TPSA) is 82.3 Å². The van der Waals surface area contributed by atoms with E-state index in [1.807, 2.05) is 6.92 Å². The second-order valence-corrected chi connectivity index (χ2v) is 5.68. The fourth-order valence-corrected chi connectivity index (χ4v) is 2.35. The molecule has 2 rings (SSSR count). The maximum absolute atomic E-state index is 12.4. The lowest BCUT2D eigenvalue weighted by molar-refractivity contribution is -0.116. The summed E-state index contributed by atoms with van der Waals surface area (Å²) >= 11 is 5.93. The number of amides is 2. The van der Waals surface area contributed by atoms with Crippen molar-refractivity contribution in [3.63, 3.8) is 0 Å². The first kappa shape index (κ1) is 17.7. The molecule has 2 N–H and O–H groups in total. The number of carbonyl (C=O) groups is 2. The summed E-state index contributed by atoms with van der Waals surface area (Å²) in [5.41, 5.74) is 0.980. The molecule has 24 heavy (non-hydrogen) atoms. The van der Waals surface area contributed by atoms with Gasteiger partial charge in [-0.3, -0.25) is 14.4 Å². The highest BCUT2D eigenvalue weighted by Gasteiger charge is 2.20. The molecule has 1 aromatic heterocycles. The number of hydrogen-bond donors (Lipinski definition) is 2. The number of carbonyl (C=O) groups excluding carboxylic acids is 2. The van der Waals surface area contributed by atoms with Gasteiger partial charge in [-0.15, -0.1) is 0 Å². The van der Waals surface area contributed by atoms with Crippen LogP contribution in [0.1, 0.15) is 22.8 Å². The molecule has 0 aliphatic rings. The number of aromatic nitrogens is 1. The van der Waals surface area contributed by atoms with Crippen LogP contribution in [0.25, 0.3) is 0 Å². The first-order chi connectivity index (χ1) is 11.4. The molecule has 2 aromatic rings. The number of nitrogens with zero attached hydrogens (tertiary/aromatic N) is 1. The van der Waals surface area contributed by atoms with Crippen LogP contribution in [0.5, 0.6) is 0 Å². The lowest BCUT2D eigenvalue weighted by atomic mass is 10.2. The number of likely N-dealkylation sites (N-methyl/N-ethyl adjacent to an activating group) is 1. The van der Waals surface area contributed by atoms with Gasteiger partial charge in [0.05, 0.1) is 0 Å². The molecule has 0 saturated heterocycles. The van der Waals surface area contributed by atoms with E-state index >= 15 is 0 Å². The van der Waals surface area contributed by atoms with E-state index in [4.69, 9.17) is 11.6 Å². The number of hydrogen-bond acceptors (Lipinski definition) is 3. The number of anilines is 1. The van der Waals surface area contributed by atoms with Gasteiger partial charge in [0.15, 0.2) is 0 Å². The van der Waals surface area contributed by atoms with Gasteiger partial charge in [0.25, 0.3) is 11.5 Å². The third-order valence-electron chi connectivity index (χ3n) is 3.53. The second kappa shape index (κ2) is 7.79. The van der Waals surface area contributed by atoms with Gasteiger partial charge >= 0.3 is 0 Å². The van der Waals surface area contributed by atoms with Gasteiger partial charge in [-0.1, -0.05) is 17.7 Å². The average Bonchev–Trinajstić information content (AvgIpc) is 2.56. The smallest absolute Gasteiger partial charge is 0.260 e. The van der Waals surface area contributed by atoms with Gasteiger partial charge in [-0.05, 0) is 43.7 Å². The van der Waals surface area contributed by atoms with E-state index in [0.29, 0.717) is 17.3 Å².